The molecule has 2 N–H and O–H groups in total. The number of aliphatic imine (C=N–C) groups is 2. The van der Waals surface area contributed by atoms with Crippen molar-refractivity contribution in [3.8, 4) is 10.0 Å². The zero-order valence-corrected chi connectivity index (χ0v) is 66.0. The molecule has 0 bridgehead atoms. The van der Waals surface area contributed by atoms with Crippen LogP contribution in [-0.4, -0.2) is 217 Å². The molecule has 2 atom stereocenters. The first-order valence-corrected chi connectivity index (χ1v) is 39.3. The Kier molecular flexibility index (Phi) is 43.1. The van der Waals surface area contributed by atoms with Crippen LogP contribution in [0.1, 0.15) is 170 Å². The van der Waals surface area contributed by atoms with Crippen LogP contribution in [0.5, 0.6) is 0 Å². The molecule has 23 nitrogen and oxygen atoms in total. The summed E-state index contributed by atoms with van der Waals surface area (Å²) in [6.45, 7) is 32.9. The number of nitrogens with zero attached hydrogens (tertiary/aromatic N) is 8. The topological polar surface area (TPSA) is 246 Å². The van der Waals surface area contributed by atoms with Gasteiger partial charge < -0.3 is 62.7 Å². The molecule has 0 aliphatic carbocycles. The lowest BCUT2D eigenvalue weighted by molar-refractivity contribution is -0.122. The third-order valence-corrected chi connectivity index (χ3v) is 19.5. The lowest BCUT2D eigenvalue weighted by Gasteiger charge is -2.13. The number of rotatable bonds is 50. The van der Waals surface area contributed by atoms with Crippen molar-refractivity contribution in [1.29, 1.82) is 0 Å². The fourth-order valence-corrected chi connectivity index (χ4v) is 13.5. The summed E-state index contributed by atoms with van der Waals surface area (Å²) in [5.41, 5.74) is 7.96. The van der Waals surface area contributed by atoms with Gasteiger partial charge in [-0.3, -0.25) is 28.7 Å². The molecule has 6 aromatic rings. The molecule has 2 aromatic carbocycles. The number of aromatic nitrogens is 6. The van der Waals surface area contributed by atoms with E-state index in [9.17, 15) is 9.59 Å². The molecule has 2 amide bonds. The highest BCUT2D eigenvalue weighted by Crippen LogP contribution is 2.41. The average molecular weight is 1530 g/mol. The van der Waals surface area contributed by atoms with Gasteiger partial charge in [0.2, 0.25) is 11.8 Å². The van der Waals surface area contributed by atoms with Crippen LogP contribution in [0.15, 0.2) is 58.5 Å². The van der Waals surface area contributed by atoms with Gasteiger partial charge >= 0.3 is 0 Å². The summed E-state index contributed by atoms with van der Waals surface area (Å²) >= 11 is 21.4. The number of thiophene rings is 2. The van der Waals surface area contributed by atoms with Crippen LogP contribution in [0.25, 0.3) is 10.0 Å². The van der Waals surface area contributed by atoms with Gasteiger partial charge in [0.05, 0.1) is 137 Å². The summed E-state index contributed by atoms with van der Waals surface area (Å²) in [5, 5.41) is 26.9. The van der Waals surface area contributed by atoms with E-state index >= 15 is 0 Å². The highest BCUT2D eigenvalue weighted by Gasteiger charge is 2.34. The lowest BCUT2D eigenvalue weighted by atomic mass is 9.99. The summed E-state index contributed by atoms with van der Waals surface area (Å²) in [5.74, 6) is 3.40. The zero-order valence-electron chi connectivity index (χ0n) is 62.1. The summed E-state index contributed by atoms with van der Waals surface area (Å²) in [6, 6.07) is 14.3. The number of carbonyl (C=O) groups is 2. The molecular weight excluding hydrogens is 1420 g/mol. The predicted octanol–water partition coefficient (Wildman–Crippen LogP) is 13.6. The van der Waals surface area contributed by atoms with Crippen molar-refractivity contribution in [2.45, 2.75) is 145 Å². The fourth-order valence-electron chi connectivity index (χ4n) is 10.7. The van der Waals surface area contributed by atoms with Gasteiger partial charge in [-0.1, -0.05) is 87.5 Å². The second-order valence-electron chi connectivity index (χ2n) is 24.5. The van der Waals surface area contributed by atoms with Crippen molar-refractivity contribution < 1.29 is 61.7 Å². The Labute approximate surface area is 633 Å². The fraction of sp³-hybridized carbons (Fsp3) is 0.627. The van der Waals surface area contributed by atoms with Gasteiger partial charge in [0.1, 0.15) is 33.7 Å². The Morgan fingerprint density at radius 3 is 1.13 bits per heavy atom. The van der Waals surface area contributed by atoms with Crippen LogP contribution in [0.4, 0.5) is 0 Å². The first-order chi connectivity index (χ1) is 50.2. The third-order valence-electron chi connectivity index (χ3n) is 16.3. The van der Waals surface area contributed by atoms with Crippen molar-refractivity contribution in [3.05, 3.63) is 125 Å². The Bertz CT molecular complexity index is 3400. The molecule has 8 rings (SSSR count). The van der Waals surface area contributed by atoms with Gasteiger partial charge in [-0.15, -0.1) is 54.7 Å². The molecule has 0 saturated heterocycles. The Morgan fingerprint density at radius 2 is 0.748 bits per heavy atom. The number of ether oxygens (including phenoxy) is 11. The van der Waals surface area contributed by atoms with Gasteiger partial charge in [-0.05, 0) is 115 Å². The summed E-state index contributed by atoms with van der Waals surface area (Å²) in [7, 11) is 0. The van der Waals surface area contributed by atoms with Crippen LogP contribution >= 0.6 is 57.5 Å². The largest absolute Gasteiger partial charge is 0.379 e. The van der Waals surface area contributed by atoms with E-state index in [4.69, 9.17) is 96.9 Å². The highest BCUT2D eigenvalue weighted by atomic mass is 35.5. The number of alkyl halides is 1. The summed E-state index contributed by atoms with van der Waals surface area (Å²) in [6.07, 6.45) is 9.85. The van der Waals surface area contributed by atoms with Crippen molar-refractivity contribution in [2.24, 2.45) is 9.98 Å². The maximum atomic E-state index is 13.0. The van der Waals surface area contributed by atoms with E-state index in [1.54, 1.807) is 22.7 Å². The van der Waals surface area contributed by atoms with E-state index in [0.29, 0.717) is 160 Å². The molecule has 0 spiro atoms. The minimum absolute atomic E-state index is 0.0917. The number of unbranched alkanes of at least 4 members (excludes halogenated alkanes) is 4. The summed E-state index contributed by atoms with van der Waals surface area (Å²) in [4.78, 5) is 38.7. The van der Waals surface area contributed by atoms with Gasteiger partial charge in [0.15, 0.2) is 11.6 Å². The summed E-state index contributed by atoms with van der Waals surface area (Å²) < 4.78 is 64.1. The molecule has 4 aromatic heterocycles. The van der Waals surface area contributed by atoms with Gasteiger partial charge in [-0.2, -0.15) is 0 Å². The number of hydrogen-bond donors (Lipinski definition) is 2. The molecule has 0 radical (unpaired) electrons. The lowest BCUT2D eigenvalue weighted by Crippen LogP contribution is -2.29. The molecule has 28 heteroatoms. The molecule has 2 aliphatic rings. The molecule has 572 valence electrons. The van der Waals surface area contributed by atoms with Gasteiger partial charge in [0, 0.05) is 94.1 Å². The number of nitrogens with one attached hydrogen (secondary N) is 2. The smallest absolute Gasteiger partial charge is 0.222 e. The second-order valence-corrected chi connectivity index (χ2v) is 28.1. The molecule has 0 saturated carbocycles. The van der Waals surface area contributed by atoms with Crippen LogP contribution < -0.4 is 10.6 Å². The molecule has 0 unspecified atom stereocenters. The molecular formula is C75H111Cl3N10O13S2. The second kappa shape index (κ2) is 51.2. The average Bonchev–Trinajstić information content (AvgIpc) is 1.60. The number of benzene rings is 2. The molecule has 6 heterocycles. The highest BCUT2D eigenvalue weighted by molar-refractivity contribution is 7.15. The number of fused-ring (bicyclic) bond motifs is 6. The number of hydrogen-bond acceptors (Lipinski definition) is 21. The van der Waals surface area contributed by atoms with E-state index in [1.807, 2.05) is 66.9 Å². The van der Waals surface area contributed by atoms with E-state index < -0.39 is 12.1 Å². The van der Waals surface area contributed by atoms with Crippen molar-refractivity contribution in [2.75, 3.05) is 164 Å². The number of carbonyl (C=O) groups excluding carboxylic acids is 2. The first-order valence-electron chi connectivity index (χ1n) is 36.4. The number of aryl methyl sites for hydroxylation is 4. The number of halogens is 3. The Balaban J connectivity index is 0.000000253. The molecule has 103 heavy (non-hydrogen) atoms. The van der Waals surface area contributed by atoms with Crippen molar-refractivity contribution >= 4 is 80.7 Å². The van der Waals surface area contributed by atoms with Crippen LogP contribution in [0, 0.1) is 41.5 Å². The standard InChI is InChI=1S/C30H40ClN5O4S.C28H36ClN5O4S.C17H35ClO5/c1-5-6-13-38-15-17-40-18-16-39-14-7-12-32-26(37)19-25-29-35-34-22(4)36(29)30-27(20(2)21(3)41-30)28(33-25)23-8-10-24(31)11-9-23;1-5-11-36-13-15-38-16-14-37-12-10-30-24(35)17-23-27-33-32-20(4)34(27)28-25(18(2)19(3)39-28)26(31-23)21-6-8-22(29)9-7-21;1-2-8-19-10-12-21-14-16-23-17-15-22-13-11-20-9-6-4-3-5-7-18/h8-11,25H,5-7,12-19H2,1-4H3,(H,32,37);6-9,23H,5,10-17H2,1-4H3,(H,30,35);2-17H2,1H3/t25-;23-;/m00./s1. The number of amides is 2. The molecule has 2 aliphatic heterocycles. The SMILES string of the molecule is CCCCOCCOCCOCCCNC(=O)C[C@@H]1N=C(c2ccc(Cl)cc2)c2c(sc(C)c2C)-n2c(C)nnc21.CCCOCCOCCOCCNC(=O)C[C@@H]1N=C(c2ccc(Cl)cc2)c2c(sc(C)c2C)-n2c(C)nnc21.CCCOCCOCCOCCOCCOCCCCCCCl. The molecule has 0 fully saturated rings. The quantitative estimate of drug-likeness (QED) is 0.0266. The Hall–Kier alpha value is -5.17. The third kappa shape index (κ3) is 30.5. The van der Waals surface area contributed by atoms with Crippen LogP contribution in [0.3, 0.4) is 0 Å². The maximum absolute atomic E-state index is 13.0. The van der Waals surface area contributed by atoms with E-state index in [-0.39, 0.29) is 24.7 Å². The van der Waals surface area contributed by atoms with Gasteiger partial charge in [-0.25, -0.2) is 0 Å². The normalized spacial score (nSPS) is 13.7. The van der Waals surface area contributed by atoms with E-state index in [1.165, 1.54) is 22.6 Å². The Morgan fingerprint density at radius 1 is 0.408 bits per heavy atom. The van der Waals surface area contributed by atoms with E-state index in [2.05, 4.69) is 84.1 Å². The van der Waals surface area contributed by atoms with Crippen LogP contribution in [0.2, 0.25) is 10.0 Å². The minimum atomic E-state index is -0.500. The maximum Gasteiger partial charge on any atom is 0.222 e. The zero-order chi connectivity index (χ0) is 73.8. The van der Waals surface area contributed by atoms with Crippen molar-refractivity contribution in [3.63, 3.8) is 0 Å². The monoisotopic (exact) mass is 1530 g/mol. The predicted molar refractivity (Wildman–Crippen MR) is 410 cm³/mol. The minimum Gasteiger partial charge on any atom is -0.379 e. The first kappa shape index (κ1) is 86.7. The van der Waals surface area contributed by atoms with Gasteiger partial charge in [0.25, 0.3) is 0 Å². The van der Waals surface area contributed by atoms with Crippen molar-refractivity contribution in [1.82, 2.24) is 40.2 Å². The van der Waals surface area contributed by atoms with Crippen LogP contribution in [-0.2, 0) is 61.7 Å². The van der Waals surface area contributed by atoms with E-state index in [0.717, 1.165) is 137 Å².